The van der Waals surface area contributed by atoms with Crippen LogP contribution in [0.4, 0.5) is 0 Å². The Kier molecular flexibility index (Phi) is 4.73. The Morgan fingerprint density at radius 2 is 1.92 bits per heavy atom. The van der Waals surface area contributed by atoms with Crippen LogP contribution in [0.25, 0.3) is 0 Å². The van der Waals surface area contributed by atoms with Crippen molar-refractivity contribution >= 4 is 10.0 Å². The standard InChI is InChI=1S/C20H24N2O3S/c1-25-20-8-3-2-7-18(20)19-14-21-11-12-22(19)26(23,24)17-10-9-15-5-4-6-16(15)13-17/h2-3,7-10,13,19,21H,4-6,11-12,14H2,1H3. The minimum absolute atomic E-state index is 0.279. The second-order valence-corrected chi connectivity index (χ2v) is 8.75. The van der Waals surface area contributed by atoms with Crippen LogP contribution in [0.2, 0.25) is 0 Å². The summed E-state index contributed by atoms with van der Waals surface area (Å²) in [6, 6.07) is 13.0. The number of fused-ring (bicyclic) bond motifs is 1. The van der Waals surface area contributed by atoms with E-state index in [-0.39, 0.29) is 6.04 Å². The molecule has 2 aromatic rings. The van der Waals surface area contributed by atoms with Gasteiger partial charge in [0.1, 0.15) is 5.75 Å². The van der Waals surface area contributed by atoms with Crippen molar-refractivity contribution in [3.8, 4) is 5.75 Å². The number of ether oxygens (including phenoxy) is 1. The lowest BCUT2D eigenvalue weighted by atomic mass is 10.0. The van der Waals surface area contributed by atoms with E-state index in [4.69, 9.17) is 4.74 Å². The summed E-state index contributed by atoms with van der Waals surface area (Å²) in [5.74, 6) is 0.718. The van der Waals surface area contributed by atoms with Gasteiger partial charge >= 0.3 is 0 Å². The van der Waals surface area contributed by atoms with Gasteiger partial charge in [-0.15, -0.1) is 0 Å². The van der Waals surface area contributed by atoms with Crippen LogP contribution in [0.1, 0.15) is 29.2 Å². The van der Waals surface area contributed by atoms with Crippen LogP contribution in [0.5, 0.6) is 5.75 Å². The van der Waals surface area contributed by atoms with Gasteiger partial charge < -0.3 is 10.1 Å². The molecular weight excluding hydrogens is 348 g/mol. The lowest BCUT2D eigenvalue weighted by Gasteiger charge is -2.36. The van der Waals surface area contributed by atoms with Gasteiger partial charge in [-0.2, -0.15) is 4.31 Å². The maximum Gasteiger partial charge on any atom is 0.243 e. The Labute approximate surface area is 155 Å². The fourth-order valence-electron chi connectivity index (χ4n) is 4.02. The zero-order valence-corrected chi connectivity index (χ0v) is 15.8. The summed E-state index contributed by atoms with van der Waals surface area (Å²) in [5, 5.41) is 3.32. The molecule has 1 atom stereocenters. The number of sulfonamides is 1. The van der Waals surface area contributed by atoms with Crippen molar-refractivity contribution < 1.29 is 13.2 Å². The van der Waals surface area contributed by atoms with Crippen LogP contribution in [0.3, 0.4) is 0 Å². The van der Waals surface area contributed by atoms with Crippen LogP contribution in [-0.4, -0.2) is 39.5 Å². The molecule has 5 nitrogen and oxygen atoms in total. The summed E-state index contributed by atoms with van der Waals surface area (Å²) in [6.07, 6.45) is 3.12. The molecule has 1 aliphatic carbocycles. The van der Waals surface area contributed by atoms with Gasteiger partial charge in [-0.3, -0.25) is 0 Å². The average molecular weight is 372 g/mol. The first-order valence-corrected chi connectivity index (χ1v) is 10.5. The van der Waals surface area contributed by atoms with Crippen molar-refractivity contribution in [1.82, 2.24) is 9.62 Å². The molecule has 26 heavy (non-hydrogen) atoms. The predicted octanol–water partition coefficient (Wildman–Crippen LogP) is 2.52. The lowest BCUT2D eigenvalue weighted by molar-refractivity contribution is 0.264. The van der Waals surface area contributed by atoms with Crippen LogP contribution in [-0.2, 0) is 22.9 Å². The molecule has 1 unspecified atom stereocenters. The lowest BCUT2D eigenvalue weighted by Crippen LogP contribution is -2.48. The minimum Gasteiger partial charge on any atom is -0.496 e. The number of hydrogen-bond donors (Lipinski definition) is 1. The van der Waals surface area contributed by atoms with Gasteiger partial charge in [-0.1, -0.05) is 24.3 Å². The molecule has 1 heterocycles. The van der Waals surface area contributed by atoms with E-state index < -0.39 is 10.0 Å². The summed E-state index contributed by atoms with van der Waals surface area (Å²) in [7, 11) is -1.95. The first-order chi connectivity index (χ1) is 12.6. The summed E-state index contributed by atoms with van der Waals surface area (Å²) in [6.45, 7) is 1.67. The number of nitrogens with zero attached hydrogens (tertiary/aromatic N) is 1. The Morgan fingerprint density at radius 3 is 2.77 bits per heavy atom. The van der Waals surface area contributed by atoms with Crippen LogP contribution in [0.15, 0.2) is 47.4 Å². The minimum atomic E-state index is -3.57. The highest BCUT2D eigenvalue weighted by molar-refractivity contribution is 7.89. The Balaban J connectivity index is 1.73. The first-order valence-electron chi connectivity index (χ1n) is 9.08. The SMILES string of the molecule is COc1ccccc1C1CNCCN1S(=O)(=O)c1ccc2c(c1)CCC2. The van der Waals surface area contributed by atoms with E-state index in [2.05, 4.69) is 5.32 Å². The van der Waals surface area contributed by atoms with Crippen LogP contribution in [0, 0.1) is 0 Å². The monoisotopic (exact) mass is 372 g/mol. The molecule has 2 aromatic carbocycles. The van der Waals surface area contributed by atoms with Gasteiger partial charge in [0, 0.05) is 25.2 Å². The summed E-state index contributed by atoms with van der Waals surface area (Å²) < 4.78 is 34.0. The molecule has 0 bridgehead atoms. The number of para-hydroxylation sites is 1. The number of rotatable bonds is 4. The number of benzene rings is 2. The Hall–Kier alpha value is -1.89. The third-order valence-electron chi connectivity index (χ3n) is 5.37. The molecule has 138 valence electrons. The Morgan fingerprint density at radius 1 is 1.12 bits per heavy atom. The zero-order valence-electron chi connectivity index (χ0n) is 14.9. The second-order valence-electron chi connectivity index (χ2n) is 6.86. The molecule has 0 spiro atoms. The number of nitrogens with one attached hydrogen (secondary N) is 1. The van der Waals surface area contributed by atoms with Crippen molar-refractivity contribution in [2.45, 2.75) is 30.2 Å². The second kappa shape index (κ2) is 7.02. The van der Waals surface area contributed by atoms with Gasteiger partial charge in [0.15, 0.2) is 0 Å². The molecule has 1 N–H and O–H groups in total. The third-order valence-corrected chi connectivity index (χ3v) is 7.27. The molecule has 2 aliphatic rings. The molecular formula is C20H24N2O3S. The Bertz CT molecular complexity index is 911. The third kappa shape index (κ3) is 3.02. The maximum absolute atomic E-state index is 13.4. The normalized spacial score (nSPS) is 20.7. The average Bonchev–Trinajstić information content (AvgIpc) is 3.16. The van der Waals surface area contributed by atoms with Crippen molar-refractivity contribution in [1.29, 1.82) is 0 Å². The summed E-state index contributed by atoms with van der Waals surface area (Å²) >= 11 is 0. The molecule has 0 amide bonds. The molecule has 1 saturated heterocycles. The molecule has 6 heteroatoms. The van der Waals surface area contributed by atoms with E-state index in [1.165, 1.54) is 11.1 Å². The van der Waals surface area contributed by atoms with Crippen molar-refractivity contribution in [2.24, 2.45) is 0 Å². The molecule has 1 fully saturated rings. The summed E-state index contributed by atoms with van der Waals surface area (Å²) in [5.41, 5.74) is 3.35. The van der Waals surface area contributed by atoms with E-state index in [1.54, 1.807) is 17.5 Å². The van der Waals surface area contributed by atoms with Crippen molar-refractivity contribution in [2.75, 3.05) is 26.7 Å². The molecule has 0 radical (unpaired) electrons. The van der Waals surface area contributed by atoms with E-state index in [9.17, 15) is 8.42 Å². The molecule has 0 aromatic heterocycles. The summed E-state index contributed by atoms with van der Waals surface area (Å²) in [4.78, 5) is 0.403. The predicted molar refractivity (Wildman–Crippen MR) is 101 cm³/mol. The molecule has 0 saturated carbocycles. The fourth-order valence-corrected chi connectivity index (χ4v) is 5.68. The fraction of sp³-hybridized carbons (Fsp3) is 0.400. The maximum atomic E-state index is 13.4. The highest BCUT2D eigenvalue weighted by Crippen LogP contribution is 2.35. The quantitative estimate of drug-likeness (QED) is 0.896. The van der Waals surface area contributed by atoms with Crippen LogP contribution >= 0.6 is 0 Å². The van der Waals surface area contributed by atoms with Gasteiger partial charge in [0.2, 0.25) is 10.0 Å². The van der Waals surface area contributed by atoms with E-state index in [0.29, 0.717) is 24.5 Å². The van der Waals surface area contributed by atoms with Gasteiger partial charge in [-0.05, 0) is 48.6 Å². The molecule has 4 rings (SSSR count). The van der Waals surface area contributed by atoms with Gasteiger partial charge in [0.05, 0.1) is 18.0 Å². The number of piperazine rings is 1. The van der Waals surface area contributed by atoms with E-state index in [1.807, 2.05) is 36.4 Å². The largest absolute Gasteiger partial charge is 0.496 e. The highest BCUT2D eigenvalue weighted by atomic mass is 32.2. The number of aryl methyl sites for hydroxylation is 2. The highest BCUT2D eigenvalue weighted by Gasteiger charge is 2.36. The van der Waals surface area contributed by atoms with Gasteiger partial charge in [0.25, 0.3) is 0 Å². The van der Waals surface area contributed by atoms with E-state index in [0.717, 1.165) is 30.6 Å². The smallest absolute Gasteiger partial charge is 0.243 e. The number of hydrogen-bond acceptors (Lipinski definition) is 4. The molecule has 1 aliphatic heterocycles. The first kappa shape index (κ1) is 17.5. The topological polar surface area (TPSA) is 58.6 Å². The zero-order chi connectivity index (χ0) is 18.1. The van der Waals surface area contributed by atoms with E-state index >= 15 is 0 Å². The van der Waals surface area contributed by atoms with Gasteiger partial charge in [-0.25, -0.2) is 8.42 Å². The van der Waals surface area contributed by atoms with Crippen LogP contribution < -0.4 is 10.1 Å². The number of methoxy groups -OCH3 is 1. The van der Waals surface area contributed by atoms with Crippen molar-refractivity contribution in [3.05, 3.63) is 59.2 Å². The van der Waals surface area contributed by atoms with Crippen molar-refractivity contribution in [3.63, 3.8) is 0 Å².